The van der Waals surface area contributed by atoms with Crippen molar-refractivity contribution in [3.05, 3.63) is 33.5 Å². The van der Waals surface area contributed by atoms with E-state index in [1.54, 1.807) is 0 Å². The zero-order valence-electron chi connectivity index (χ0n) is 12.4. The van der Waals surface area contributed by atoms with Crippen LogP contribution >= 0.6 is 11.3 Å². The lowest BCUT2D eigenvalue weighted by atomic mass is 9.92. The summed E-state index contributed by atoms with van der Waals surface area (Å²) in [5, 5.41) is 9.34. The van der Waals surface area contributed by atoms with Crippen molar-refractivity contribution in [2.24, 2.45) is 7.05 Å². The van der Waals surface area contributed by atoms with Crippen molar-refractivity contribution in [3.63, 3.8) is 0 Å². The first-order chi connectivity index (χ1) is 9.69. The summed E-state index contributed by atoms with van der Waals surface area (Å²) in [6.07, 6.45) is 8.67. The Morgan fingerprint density at radius 1 is 1.50 bits per heavy atom. The predicted molar refractivity (Wildman–Crippen MR) is 81.9 cm³/mol. The number of aromatic nitrogens is 3. The highest BCUT2D eigenvalue weighted by Crippen LogP contribution is 2.32. The smallest absolute Gasteiger partial charge is 0.109 e. The Morgan fingerprint density at radius 2 is 2.35 bits per heavy atom. The molecule has 0 aliphatic heterocycles. The van der Waals surface area contributed by atoms with Gasteiger partial charge in [0.2, 0.25) is 0 Å². The molecule has 0 fully saturated rings. The van der Waals surface area contributed by atoms with Gasteiger partial charge in [0.25, 0.3) is 0 Å². The van der Waals surface area contributed by atoms with Crippen molar-refractivity contribution in [1.82, 2.24) is 20.1 Å². The molecule has 0 spiro atoms. The van der Waals surface area contributed by atoms with Crippen molar-refractivity contribution in [2.45, 2.75) is 51.6 Å². The van der Waals surface area contributed by atoms with Crippen LogP contribution in [0.3, 0.4) is 0 Å². The van der Waals surface area contributed by atoms with Crippen LogP contribution in [0.25, 0.3) is 0 Å². The van der Waals surface area contributed by atoms with Crippen LogP contribution in [-0.2, 0) is 19.9 Å². The molecule has 5 heteroatoms. The molecule has 20 heavy (non-hydrogen) atoms. The van der Waals surface area contributed by atoms with Crippen LogP contribution in [0.15, 0.2) is 12.4 Å². The Hall–Kier alpha value is -1.20. The van der Waals surface area contributed by atoms with Crippen LogP contribution < -0.4 is 5.32 Å². The van der Waals surface area contributed by atoms with Crippen LogP contribution in [0.5, 0.6) is 0 Å². The molecule has 3 rings (SSSR count). The van der Waals surface area contributed by atoms with Crippen molar-refractivity contribution >= 4 is 11.3 Å². The highest BCUT2D eigenvalue weighted by molar-refractivity contribution is 7.11. The van der Waals surface area contributed by atoms with E-state index in [-0.39, 0.29) is 0 Å². The number of aryl methyl sites for hydroxylation is 2. The Balaban J connectivity index is 1.75. The van der Waals surface area contributed by atoms with Gasteiger partial charge in [-0.3, -0.25) is 4.68 Å². The molecule has 0 bridgehead atoms. The van der Waals surface area contributed by atoms with Gasteiger partial charge in [-0.15, -0.1) is 11.3 Å². The topological polar surface area (TPSA) is 42.7 Å². The summed E-state index contributed by atoms with van der Waals surface area (Å²) in [4.78, 5) is 5.91. The van der Waals surface area contributed by atoms with E-state index in [0.717, 1.165) is 12.8 Å². The average Bonchev–Trinajstić information content (AvgIpc) is 3.07. The normalized spacial score (nSPS) is 19.9. The lowest BCUT2D eigenvalue weighted by molar-refractivity contribution is 0.410. The molecule has 2 aromatic heterocycles. The van der Waals surface area contributed by atoms with Gasteiger partial charge in [0.15, 0.2) is 0 Å². The second kappa shape index (κ2) is 5.66. The molecule has 0 radical (unpaired) electrons. The fourth-order valence-electron chi connectivity index (χ4n) is 2.94. The Kier molecular flexibility index (Phi) is 3.89. The number of hydrogen-bond acceptors (Lipinski definition) is 4. The van der Waals surface area contributed by atoms with Gasteiger partial charge in [-0.25, -0.2) is 4.98 Å². The molecule has 2 heterocycles. The van der Waals surface area contributed by atoms with E-state index in [1.807, 2.05) is 35.5 Å². The number of hydrogen-bond donors (Lipinski definition) is 1. The lowest BCUT2D eigenvalue weighted by Gasteiger charge is -2.26. The quantitative estimate of drug-likeness (QED) is 0.940. The first kappa shape index (κ1) is 13.8. The maximum atomic E-state index is 4.55. The fourth-order valence-corrected chi connectivity index (χ4v) is 3.81. The van der Waals surface area contributed by atoms with Crippen molar-refractivity contribution in [1.29, 1.82) is 0 Å². The minimum absolute atomic E-state index is 0.302. The fraction of sp³-hybridized carbons (Fsp3) is 0.600. The van der Waals surface area contributed by atoms with E-state index in [1.165, 1.54) is 34.0 Å². The summed E-state index contributed by atoms with van der Waals surface area (Å²) in [5.41, 5.74) is 2.76. The number of nitrogens with one attached hydrogen (secondary N) is 1. The number of fused-ring (bicyclic) bond motifs is 1. The molecule has 2 unspecified atom stereocenters. The molecule has 0 saturated heterocycles. The van der Waals surface area contributed by atoms with Crippen LogP contribution in [0.2, 0.25) is 0 Å². The van der Waals surface area contributed by atoms with Crippen LogP contribution in [-0.4, -0.2) is 14.8 Å². The molecule has 4 nitrogen and oxygen atoms in total. The predicted octanol–water partition coefficient (Wildman–Crippen LogP) is 3.17. The summed E-state index contributed by atoms with van der Waals surface area (Å²) in [6, 6.07) is 0.716. The van der Waals surface area contributed by atoms with E-state index in [9.17, 15) is 0 Å². The van der Waals surface area contributed by atoms with Crippen molar-refractivity contribution in [3.8, 4) is 0 Å². The molecule has 2 atom stereocenters. The van der Waals surface area contributed by atoms with E-state index < -0.39 is 0 Å². The van der Waals surface area contributed by atoms with Crippen LogP contribution in [0, 0.1) is 0 Å². The second-order valence-corrected chi connectivity index (χ2v) is 6.67. The highest BCUT2D eigenvalue weighted by atomic mass is 32.1. The van der Waals surface area contributed by atoms with Crippen LogP contribution in [0.1, 0.15) is 59.9 Å². The summed E-state index contributed by atoms with van der Waals surface area (Å²) in [5.74, 6) is 0. The Morgan fingerprint density at radius 3 is 3.10 bits per heavy atom. The first-order valence-corrected chi connectivity index (χ1v) is 8.22. The lowest BCUT2D eigenvalue weighted by Crippen LogP contribution is -2.27. The van der Waals surface area contributed by atoms with E-state index in [4.69, 9.17) is 0 Å². The average molecular weight is 290 g/mol. The molecule has 0 aromatic carbocycles. The van der Waals surface area contributed by atoms with Gasteiger partial charge in [0, 0.05) is 35.4 Å². The van der Waals surface area contributed by atoms with E-state index in [0.29, 0.717) is 12.1 Å². The molecule has 0 saturated carbocycles. The largest absolute Gasteiger partial charge is 0.301 e. The molecule has 1 N–H and O–H groups in total. The van der Waals surface area contributed by atoms with Gasteiger partial charge in [0.1, 0.15) is 5.01 Å². The molecule has 108 valence electrons. The minimum atomic E-state index is 0.302. The van der Waals surface area contributed by atoms with E-state index in [2.05, 4.69) is 29.2 Å². The maximum absolute atomic E-state index is 4.55. The van der Waals surface area contributed by atoms with Gasteiger partial charge in [-0.1, -0.05) is 6.92 Å². The molecular weight excluding hydrogens is 268 g/mol. The maximum Gasteiger partial charge on any atom is 0.109 e. The SMILES string of the molecule is CCc1cnc(C(C)NC2CCCc3c2cnn3C)s1. The summed E-state index contributed by atoms with van der Waals surface area (Å²) < 4.78 is 2.02. The Bertz CT molecular complexity index is 586. The number of nitrogens with zero attached hydrogens (tertiary/aromatic N) is 3. The van der Waals surface area contributed by atoms with Gasteiger partial charge in [0.05, 0.1) is 12.2 Å². The summed E-state index contributed by atoms with van der Waals surface area (Å²) in [6.45, 7) is 4.39. The summed E-state index contributed by atoms with van der Waals surface area (Å²) in [7, 11) is 2.04. The van der Waals surface area contributed by atoms with Gasteiger partial charge in [-0.2, -0.15) is 5.10 Å². The third kappa shape index (κ3) is 2.52. The molecule has 1 aliphatic rings. The zero-order chi connectivity index (χ0) is 14.1. The third-order valence-corrected chi connectivity index (χ3v) is 5.44. The minimum Gasteiger partial charge on any atom is -0.301 e. The standard InChI is InChI=1S/C15H22N4S/c1-4-11-8-16-15(20-11)10(2)18-13-6-5-7-14-12(13)9-17-19(14)3/h8-10,13,18H,4-7H2,1-3H3. The first-order valence-electron chi connectivity index (χ1n) is 7.40. The monoisotopic (exact) mass is 290 g/mol. The number of thiazole rings is 1. The van der Waals surface area contributed by atoms with Crippen LogP contribution in [0.4, 0.5) is 0 Å². The van der Waals surface area contributed by atoms with Gasteiger partial charge in [-0.05, 0) is 32.6 Å². The van der Waals surface area contributed by atoms with Gasteiger partial charge < -0.3 is 5.32 Å². The summed E-state index contributed by atoms with van der Waals surface area (Å²) >= 11 is 1.82. The number of rotatable bonds is 4. The zero-order valence-corrected chi connectivity index (χ0v) is 13.2. The van der Waals surface area contributed by atoms with Gasteiger partial charge >= 0.3 is 0 Å². The third-order valence-electron chi connectivity index (χ3n) is 4.12. The second-order valence-electron chi connectivity index (χ2n) is 5.52. The molecular formula is C15H22N4S. The van der Waals surface area contributed by atoms with E-state index >= 15 is 0 Å². The van der Waals surface area contributed by atoms with Crippen molar-refractivity contribution in [2.75, 3.05) is 0 Å². The Labute approximate surface area is 124 Å². The van der Waals surface area contributed by atoms with Crippen molar-refractivity contribution < 1.29 is 0 Å². The molecule has 0 amide bonds. The molecule has 2 aromatic rings. The molecule has 1 aliphatic carbocycles. The highest BCUT2D eigenvalue weighted by Gasteiger charge is 2.25.